The average molecular weight is 400 g/mol. The number of hydrogen-bond acceptors (Lipinski definition) is 3. The molecule has 0 bridgehead atoms. The van der Waals surface area contributed by atoms with Gasteiger partial charge in [-0.25, -0.2) is 0 Å². The minimum atomic E-state index is -0.513. The number of carbonyl (C=O) groups is 1. The predicted molar refractivity (Wildman–Crippen MR) is 82.9 cm³/mol. The number of nitrogens with one attached hydrogen (secondary N) is 1. The average Bonchev–Trinajstić information content (AvgIpc) is 2.41. The lowest BCUT2D eigenvalue weighted by atomic mass is 10.2. The topological polar surface area (TPSA) is 72.2 Å². The second kappa shape index (κ2) is 6.15. The third-order valence-corrected chi connectivity index (χ3v) is 3.91. The Morgan fingerprint density at radius 2 is 1.80 bits per heavy atom. The Morgan fingerprint density at radius 1 is 1.10 bits per heavy atom. The summed E-state index contributed by atoms with van der Waals surface area (Å²) in [6.45, 7) is 0. The lowest BCUT2D eigenvalue weighted by Gasteiger charge is -2.08. The third-order valence-electron chi connectivity index (χ3n) is 2.53. The van der Waals surface area contributed by atoms with Crippen molar-refractivity contribution in [3.63, 3.8) is 0 Å². The van der Waals surface area contributed by atoms with Gasteiger partial charge in [0.25, 0.3) is 11.6 Å². The molecule has 0 aliphatic heterocycles. The van der Waals surface area contributed by atoms with E-state index in [0.717, 1.165) is 0 Å². The first kappa shape index (κ1) is 14.7. The first-order chi connectivity index (χ1) is 9.49. The van der Waals surface area contributed by atoms with Gasteiger partial charge in [0, 0.05) is 21.1 Å². The molecule has 102 valence electrons. The number of nitro benzene ring substituents is 1. The van der Waals surface area contributed by atoms with Crippen LogP contribution in [0.1, 0.15) is 10.4 Å². The van der Waals surface area contributed by atoms with Crippen LogP contribution in [0, 0.1) is 10.1 Å². The van der Waals surface area contributed by atoms with Gasteiger partial charge in [0.15, 0.2) is 0 Å². The number of carbonyl (C=O) groups excluding carboxylic acids is 1. The lowest BCUT2D eigenvalue weighted by molar-refractivity contribution is -0.384. The van der Waals surface area contributed by atoms with Crippen LogP contribution >= 0.6 is 31.9 Å². The van der Waals surface area contributed by atoms with Crippen molar-refractivity contribution in [2.45, 2.75) is 0 Å². The van der Waals surface area contributed by atoms with Gasteiger partial charge in [0.1, 0.15) is 0 Å². The second-order valence-electron chi connectivity index (χ2n) is 3.86. The van der Waals surface area contributed by atoms with Gasteiger partial charge in [-0.15, -0.1) is 0 Å². The van der Waals surface area contributed by atoms with E-state index in [1.54, 1.807) is 24.3 Å². The van der Waals surface area contributed by atoms with Gasteiger partial charge in [0.05, 0.1) is 16.2 Å². The van der Waals surface area contributed by atoms with Gasteiger partial charge in [-0.2, -0.15) is 0 Å². The van der Waals surface area contributed by atoms with E-state index in [0.29, 0.717) is 20.2 Å². The fourth-order valence-electron chi connectivity index (χ4n) is 1.56. The summed E-state index contributed by atoms with van der Waals surface area (Å²) in [5, 5.41) is 13.4. The first-order valence-electron chi connectivity index (χ1n) is 5.49. The smallest absolute Gasteiger partial charge is 0.271 e. The monoisotopic (exact) mass is 398 g/mol. The van der Waals surface area contributed by atoms with Gasteiger partial charge < -0.3 is 5.32 Å². The summed E-state index contributed by atoms with van der Waals surface area (Å²) in [6, 6.07) is 11.1. The van der Waals surface area contributed by atoms with Crippen LogP contribution in [-0.2, 0) is 0 Å². The molecule has 0 saturated heterocycles. The van der Waals surface area contributed by atoms with Crippen molar-refractivity contribution in [1.29, 1.82) is 0 Å². The summed E-state index contributed by atoms with van der Waals surface area (Å²) in [7, 11) is 0. The zero-order valence-corrected chi connectivity index (χ0v) is 13.1. The van der Waals surface area contributed by atoms with Crippen molar-refractivity contribution in [2.75, 3.05) is 5.32 Å². The molecule has 7 heteroatoms. The van der Waals surface area contributed by atoms with Crippen molar-refractivity contribution in [2.24, 2.45) is 0 Å². The Hall–Kier alpha value is -1.73. The molecule has 0 unspecified atom stereocenters. The molecule has 5 nitrogen and oxygen atoms in total. The molecule has 0 radical (unpaired) electrons. The van der Waals surface area contributed by atoms with Crippen LogP contribution in [0.5, 0.6) is 0 Å². The SMILES string of the molecule is O=C(Nc1cc([N+](=O)[O-])ccc1Br)c1ccccc1Br. The summed E-state index contributed by atoms with van der Waals surface area (Å²) in [5.41, 5.74) is 0.710. The minimum absolute atomic E-state index is 0.0874. The Bertz CT molecular complexity index is 689. The van der Waals surface area contributed by atoms with Gasteiger partial charge in [0.2, 0.25) is 0 Å². The van der Waals surface area contributed by atoms with Crippen LogP contribution in [-0.4, -0.2) is 10.8 Å². The minimum Gasteiger partial charge on any atom is -0.321 e. The molecule has 0 fully saturated rings. The summed E-state index contributed by atoms with van der Waals surface area (Å²) >= 11 is 6.54. The molecule has 0 spiro atoms. The highest BCUT2D eigenvalue weighted by atomic mass is 79.9. The number of benzene rings is 2. The zero-order valence-electron chi connectivity index (χ0n) is 9.97. The number of anilines is 1. The largest absolute Gasteiger partial charge is 0.321 e. The third kappa shape index (κ3) is 3.23. The fourth-order valence-corrected chi connectivity index (χ4v) is 2.37. The van der Waals surface area contributed by atoms with Crippen LogP contribution in [0.2, 0.25) is 0 Å². The second-order valence-corrected chi connectivity index (χ2v) is 5.56. The van der Waals surface area contributed by atoms with E-state index in [1.807, 2.05) is 0 Å². The van der Waals surface area contributed by atoms with Crippen molar-refractivity contribution in [3.05, 3.63) is 67.1 Å². The number of amides is 1. The van der Waals surface area contributed by atoms with E-state index >= 15 is 0 Å². The maximum atomic E-state index is 12.1. The molecule has 2 aromatic carbocycles. The summed E-state index contributed by atoms with van der Waals surface area (Å²) in [4.78, 5) is 22.4. The Morgan fingerprint density at radius 3 is 2.45 bits per heavy atom. The normalized spacial score (nSPS) is 10.1. The van der Waals surface area contributed by atoms with Gasteiger partial charge in [-0.1, -0.05) is 12.1 Å². The van der Waals surface area contributed by atoms with Crippen molar-refractivity contribution in [3.8, 4) is 0 Å². The Balaban J connectivity index is 2.30. The van der Waals surface area contributed by atoms with Gasteiger partial charge >= 0.3 is 0 Å². The summed E-state index contributed by atoms with van der Waals surface area (Å²) in [5.74, 6) is -0.348. The molecule has 1 N–H and O–H groups in total. The molecular formula is C13H8Br2N2O3. The standard InChI is InChI=1S/C13H8Br2N2O3/c14-10-4-2-1-3-9(10)13(18)16-12-7-8(17(19)20)5-6-11(12)15/h1-7H,(H,16,18). The van der Waals surface area contributed by atoms with Crippen LogP contribution in [0.25, 0.3) is 0 Å². The van der Waals surface area contributed by atoms with E-state index in [4.69, 9.17) is 0 Å². The fraction of sp³-hybridized carbons (Fsp3) is 0. The van der Waals surface area contributed by atoms with Crippen LogP contribution in [0.4, 0.5) is 11.4 Å². The van der Waals surface area contributed by atoms with Crippen LogP contribution in [0.3, 0.4) is 0 Å². The van der Waals surface area contributed by atoms with E-state index in [-0.39, 0.29) is 11.6 Å². The molecule has 0 saturated carbocycles. The molecule has 2 rings (SSSR count). The van der Waals surface area contributed by atoms with Gasteiger partial charge in [-0.05, 0) is 50.1 Å². The summed E-state index contributed by atoms with van der Waals surface area (Å²) < 4.78 is 1.22. The summed E-state index contributed by atoms with van der Waals surface area (Å²) in [6.07, 6.45) is 0. The molecule has 20 heavy (non-hydrogen) atoms. The van der Waals surface area contributed by atoms with Crippen molar-refractivity contribution < 1.29 is 9.72 Å². The Labute approximate surface area is 131 Å². The first-order valence-corrected chi connectivity index (χ1v) is 7.07. The number of nitrogens with zero attached hydrogens (tertiary/aromatic N) is 1. The quantitative estimate of drug-likeness (QED) is 0.615. The zero-order chi connectivity index (χ0) is 14.7. The molecule has 0 aromatic heterocycles. The van der Waals surface area contributed by atoms with E-state index in [1.165, 1.54) is 18.2 Å². The number of rotatable bonds is 3. The molecule has 2 aromatic rings. The highest BCUT2D eigenvalue weighted by molar-refractivity contribution is 9.11. The lowest BCUT2D eigenvalue weighted by Crippen LogP contribution is -2.13. The number of non-ortho nitro benzene ring substituents is 1. The van der Waals surface area contributed by atoms with E-state index < -0.39 is 4.92 Å². The number of nitro groups is 1. The number of halogens is 2. The van der Waals surface area contributed by atoms with Crippen LogP contribution < -0.4 is 5.32 Å². The predicted octanol–water partition coefficient (Wildman–Crippen LogP) is 4.37. The molecule has 1 amide bonds. The van der Waals surface area contributed by atoms with Crippen molar-refractivity contribution >= 4 is 49.1 Å². The van der Waals surface area contributed by atoms with E-state index in [2.05, 4.69) is 37.2 Å². The molecule has 0 aliphatic rings. The maximum Gasteiger partial charge on any atom is 0.271 e. The highest BCUT2D eigenvalue weighted by Gasteiger charge is 2.14. The van der Waals surface area contributed by atoms with Crippen LogP contribution in [0.15, 0.2) is 51.4 Å². The molecule has 0 aliphatic carbocycles. The van der Waals surface area contributed by atoms with E-state index in [9.17, 15) is 14.9 Å². The highest BCUT2D eigenvalue weighted by Crippen LogP contribution is 2.28. The number of hydrogen-bond donors (Lipinski definition) is 1. The maximum absolute atomic E-state index is 12.1. The molecule has 0 heterocycles. The van der Waals surface area contributed by atoms with Gasteiger partial charge in [-0.3, -0.25) is 14.9 Å². The molecule has 0 atom stereocenters. The van der Waals surface area contributed by atoms with Crippen molar-refractivity contribution in [1.82, 2.24) is 0 Å². The Kier molecular flexibility index (Phi) is 4.51. The molecular weight excluding hydrogens is 392 g/mol.